The van der Waals surface area contributed by atoms with Crippen molar-refractivity contribution < 1.29 is 22.7 Å². The summed E-state index contributed by atoms with van der Waals surface area (Å²) in [5.41, 5.74) is 0.474. The molecule has 1 saturated heterocycles. The summed E-state index contributed by atoms with van der Waals surface area (Å²) in [5, 5.41) is 2.99. The van der Waals surface area contributed by atoms with Crippen LogP contribution in [0.5, 0.6) is 0 Å². The average Bonchev–Trinajstić information content (AvgIpc) is 2.67. The summed E-state index contributed by atoms with van der Waals surface area (Å²) >= 11 is 0. The summed E-state index contributed by atoms with van der Waals surface area (Å²) < 4.78 is 44.0. The molecule has 0 radical (unpaired) electrons. The van der Waals surface area contributed by atoms with E-state index in [-0.39, 0.29) is 24.3 Å². The van der Waals surface area contributed by atoms with Gasteiger partial charge in [-0.2, -0.15) is 13.2 Å². The Morgan fingerprint density at radius 3 is 2.67 bits per heavy atom. The van der Waals surface area contributed by atoms with Crippen LogP contribution in [-0.4, -0.2) is 24.1 Å². The van der Waals surface area contributed by atoms with Crippen LogP contribution in [0.25, 0.3) is 0 Å². The number of nitrogens with zero attached hydrogens (tertiary/aromatic N) is 1. The Kier molecular flexibility index (Phi) is 6.11. The molecule has 1 amide bonds. The molecule has 1 atom stereocenters. The maximum Gasteiger partial charge on any atom is 0.416 e. The van der Waals surface area contributed by atoms with Gasteiger partial charge >= 0.3 is 6.18 Å². The number of nitrogens with one attached hydrogen (secondary N) is 1. The number of alkyl halides is 3. The van der Waals surface area contributed by atoms with Crippen molar-refractivity contribution in [2.24, 2.45) is 5.92 Å². The number of benzene rings is 1. The van der Waals surface area contributed by atoms with E-state index in [1.165, 1.54) is 12.1 Å². The van der Waals surface area contributed by atoms with E-state index in [9.17, 15) is 18.0 Å². The van der Waals surface area contributed by atoms with Crippen LogP contribution in [0.4, 0.5) is 13.2 Å². The fourth-order valence-corrected chi connectivity index (χ4v) is 3.35. The Balaban J connectivity index is 1.73. The Labute approximate surface area is 155 Å². The SMILES string of the molecule is O=C(Cc1cccc(C(F)(F)F)c1)NC(c1cccnc1)C1CCOCC1. The second kappa shape index (κ2) is 8.52. The van der Waals surface area contributed by atoms with Gasteiger partial charge in [0.1, 0.15) is 0 Å². The molecule has 2 aromatic rings. The molecule has 27 heavy (non-hydrogen) atoms. The van der Waals surface area contributed by atoms with Gasteiger partial charge in [-0.3, -0.25) is 9.78 Å². The minimum atomic E-state index is -4.42. The van der Waals surface area contributed by atoms with Crippen molar-refractivity contribution in [3.8, 4) is 0 Å². The largest absolute Gasteiger partial charge is 0.416 e. The number of rotatable bonds is 5. The molecule has 1 aliphatic rings. The van der Waals surface area contributed by atoms with Crippen molar-refractivity contribution in [2.75, 3.05) is 13.2 Å². The average molecular weight is 378 g/mol. The molecule has 1 unspecified atom stereocenters. The zero-order chi connectivity index (χ0) is 19.3. The summed E-state index contributed by atoms with van der Waals surface area (Å²) in [6, 6.07) is 8.35. The molecular weight excluding hydrogens is 357 g/mol. The van der Waals surface area contributed by atoms with Gasteiger partial charge < -0.3 is 10.1 Å². The Morgan fingerprint density at radius 1 is 1.22 bits per heavy atom. The predicted molar refractivity (Wildman–Crippen MR) is 93.8 cm³/mol. The molecule has 1 fully saturated rings. The van der Waals surface area contributed by atoms with Gasteiger partial charge in [0.2, 0.25) is 5.91 Å². The monoisotopic (exact) mass is 378 g/mol. The summed E-state index contributed by atoms with van der Waals surface area (Å²) in [6.07, 6.45) is 0.462. The van der Waals surface area contributed by atoms with E-state index in [2.05, 4.69) is 10.3 Å². The lowest BCUT2D eigenvalue weighted by molar-refractivity contribution is -0.137. The predicted octanol–water partition coefficient (Wildman–Crippen LogP) is 3.93. The minimum Gasteiger partial charge on any atom is -0.381 e. The number of halogens is 3. The Hall–Kier alpha value is -2.41. The molecule has 2 heterocycles. The van der Waals surface area contributed by atoms with Gasteiger partial charge in [-0.15, -0.1) is 0 Å². The number of ether oxygens (including phenoxy) is 1. The van der Waals surface area contributed by atoms with Crippen LogP contribution >= 0.6 is 0 Å². The second-order valence-electron chi connectivity index (χ2n) is 6.66. The number of carbonyl (C=O) groups is 1. The highest BCUT2D eigenvalue weighted by Crippen LogP contribution is 2.31. The first kappa shape index (κ1) is 19.4. The van der Waals surface area contributed by atoms with Crippen LogP contribution in [0.1, 0.15) is 35.6 Å². The summed E-state index contributed by atoms with van der Waals surface area (Å²) in [7, 11) is 0. The lowest BCUT2D eigenvalue weighted by Crippen LogP contribution is -2.36. The molecule has 144 valence electrons. The third-order valence-corrected chi connectivity index (χ3v) is 4.72. The zero-order valence-electron chi connectivity index (χ0n) is 14.7. The quantitative estimate of drug-likeness (QED) is 0.858. The third-order valence-electron chi connectivity index (χ3n) is 4.72. The first-order chi connectivity index (χ1) is 12.9. The van der Waals surface area contributed by atoms with E-state index in [0.717, 1.165) is 30.5 Å². The van der Waals surface area contributed by atoms with E-state index < -0.39 is 11.7 Å². The highest BCUT2D eigenvalue weighted by Gasteiger charge is 2.31. The number of aromatic nitrogens is 1. The molecule has 4 nitrogen and oxygen atoms in total. The van der Waals surface area contributed by atoms with Gasteiger partial charge in [0, 0.05) is 25.6 Å². The molecule has 0 aliphatic carbocycles. The van der Waals surface area contributed by atoms with Crippen LogP contribution in [0, 0.1) is 5.92 Å². The van der Waals surface area contributed by atoms with Crippen LogP contribution in [-0.2, 0) is 22.1 Å². The Morgan fingerprint density at radius 2 is 2.00 bits per heavy atom. The van der Waals surface area contributed by atoms with Gasteiger partial charge in [-0.1, -0.05) is 24.3 Å². The minimum absolute atomic E-state index is 0.107. The van der Waals surface area contributed by atoms with Gasteiger partial charge in [0.15, 0.2) is 0 Å². The topological polar surface area (TPSA) is 51.2 Å². The zero-order valence-corrected chi connectivity index (χ0v) is 14.7. The molecule has 1 aromatic heterocycles. The van der Waals surface area contributed by atoms with E-state index in [1.54, 1.807) is 18.5 Å². The molecule has 7 heteroatoms. The van der Waals surface area contributed by atoms with Crippen molar-refractivity contribution >= 4 is 5.91 Å². The smallest absolute Gasteiger partial charge is 0.381 e. The molecule has 0 bridgehead atoms. The fourth-order valence-electron chi connectivity index (χ4n) is 3.35. The van der Waals surface area contributed by atoms with E-state index in [4.69, 9.17) is 4.74 Å². The number of hydrogen-bond acceptors (Lipinski definition) is 3. The maximum absolute atomic E-state index is 12.9. The lowest BCUT2D eigenvalue weighted by atomic mass is 9.87. The van der Waals surface area contributed by atoms with Crippen LogP contribution in [0.3, 0.4) is 0 Å². The standard InChI is InChI=1S/C20H21F3N2O2/c21-20(22,23)17-5-1-3-14(11-17)12-18(26)25-19(15-6-9-27-10-7-15)16-4-2-8-24-13-16/h1-5,8,11,13,15,19H,6-7,9-10,12H2,(H,25,26). The van der Waals surface area contributed by atoms with Crippen LogP contribution in [0.2, 0.25) is 0 Å². The van der Waals surface area contributed by atoms with Crippen molar-refractivity contribution in [1.82, 2.24) is 10.3 Å². The molecular formula is C20H21F3N2O2. The number of carbonyl (C=O) groups excluding carboxylic acids is 1. The second-order valence-corrected chi connectivity index (χ2v) is 6.66. The van der Waals surface area contributed by atoms with Gasteiger partial charge in [-0.25, -0.2) is 0 Å². The number of amides is 1. The normalized spacial score (nSPS) is 16.7. The Bertz CT molecular complexity index is 759. The summed E-state index contributed by atoms with van der Waals surface area (Å²) in [4.78, 5) is 16.7. The first-order valence-electron chi connectivity index (χ1n) is 8.86. The van der Waals surface area contributed by atoms with Crippen LogP contribution in [0.15, 0.2) is 48.8 Å². The van der Waals surface area contributed by atoms with Crippen LogP contribution < -0.4 is 5.32 Å². The van der Waals surface area contributed by atoms with E-state index in [0.29, 0.717) is 18.8 Å². The molecule has 1 aromatic carbocycles. The van der Waals surface area contributed by atoms with Gasteiger partial charge in [0.05, 0.1) is 18.0 Å². The van der Waals surface area contributed by atoms with Gasteiger partial charge in [0.25, 0.3) is 0 Å². The maximum atomic E-state index is 12.9. The third kappa shape index (κ3) is 5.29. The molecule has 0 saturated carbocycles. The fraction of sp³-hybridized carbons (Fsp3) is 0.400. The van der Waals surface area contributed by atoms with E-state index >= 15 is 0 Å². The lowest BCUT2D eigenvalue weighted by Gasteiger charge is -2.31. The number of hydrogen-bond donors (Lipinski definition) is 1. The first-order valence-corrected chi connectivity index (χ1v) is 8.86. The molecule has 1 aliphatic heterocycles. The highest BCUT2D eigenvalue weighted by molar-refractivity contribution is 5.79. The van der Waals surface area contributed by atoms with Crippen molar-refractivity contribution in [3.63, 3.8) is 0 Å². The summed E-state index contributed by atoms with van der Waals surface area (Å²) in [5.74, 6) is -0.108. The molecule has 0 spiro atoms. The van der Waals surface area contributed by atoms with Gasteiger partial charge in [-0.05, 0) is 42.0 Å². The number of pyridine rings is 1. The van der Waals surface area contributed by atoms with Crippen molar-refractivity contribution in [3.05, 3.63) is 65.5 Å². The van der Waals surface area contributed by atoms with Crippen molar-refractivity contribution in [2.45, 2.75) is 31.5 Å². The molecule has 1 N–H and O–H groups in total. The van der Waals surface area contributed by atoms with Crippen molar-refractivity contribution in [1.29, 1.82) is 0 Å². The van der Waals surface area contributed by atoms with E-state index in [1.807, 2.05) is 6.07 Å². The highest BCUT2D eigenvalue weighted by atomic mass is 19.4. The summed E-state index contributed by atoms with van der Waals surface area (Å²) in [6.45, 7) is 1.26. The molecule has 3 rings (SSSR count).